The lowest BCUT2D eigenvalue weighted by atomic mass is 9.89. The van der Waals surface area contributed by atoms with Gasteiger partial charge < -0.3 is 5.11 Å². The van der Waals surface area contributed by atoms with Crippen molar-refractivity contribution < 1.29 is 49.0 Å². The summed E-state index contributed by atoms with van der Waals surface area (Å²) in [5.74, 6) is -2.94. The van der Waals surface area contributed by atoms with Crippen LogP contribution in [0, 0.1) is 5.82 Å². The van der Waals surface area contributed by atoms with Crippen molar-refractivity contribution in [1.29, 1.82) is 0 Å². The molecule has 0 aliphatic heterocycles. The SMILES string of the molecule is Oc1cc(C(F)(F)F)c(-c2ccc(F)cc2C(F)(F)F)c(C(F)(F)F)c1. The van der Waals surface area contributed by atoms with E-state index in [1.165, 1.54) is 0 Å². The van der Waals surface area contributed by atoms with E-state index < -0.39 is 57.9 Å². The normalized spacial score (nSPS) is 13.2. The number of phenols is 1. The quantitative estimate of drug-likeness (QED) is 0.569. The third kappa shape index (κ3) is 3.86. The molecule has 2 aromatic rings. The van der Waals surface area contributed by atoms with Crippen molar-refractivity contribution in [2.75, 3.05) is 0 Å². The summed E-state index contributed by atoms with van der Waals surface area (Å²) < 4.78 is 131. The lowest BCUT2D eigenvalue weighted by Gasteiger charge is -2.22. The van der Waals surface area contributed by atoms with Crippen molar-refractivity contribution >= 4 is 0 Å². The van der Waals surface area contributed by atoms with Crippen LogP contribution in [0.3, 0.4) is 0 Å². The third-order valence-electron chi connectivity index (χ3n) is 3.29. The van der Waals surface area contributed by atoms with Crippen LogP contribution in [0.5, 0.6) is 5.75 Å². The first-order valence-corrected chi connectivity index (χ1v) is 6.51. The molecule has 1 N–H and O–H groups in total. The standard InChI is InChI=1S/C15H6F10O/c16-6-1-2-8(9(3-6)13(17,18)19)12-10(14(20,21)22)4-7(26)5-11(12)15(23,24)25/h1-5,26H. The van der Waals surface area contributed by atoms with Gasteiger partial charge in [0.25, 0.3) is 0 Å². The number of hydrogen-bond acceptors (Lipinski definition) is 1. The van der Waals surface area contributed by atoms with Gasteiger partial charge in [-0.1, -0.05) is 6.07 Å². The molecule has 0 spiro atoms. The molecule has 0 aliphatic carbocycles. The lowest BCUT2D eigenvalue weighted by Crippen LogP contribution is -2.16. The molecule has 0 fully saturated rings. The van der Waals surface area contributed by atoms with Crippen LogP contribution in [0.25, 0.3) is 11.1 Å². The second-order valence-electron chi connectivity index (χ2n) is 5.10. The van der Waals surface area contributed by atoms with Gasteiger partial charge in [-0.2, -0.15) is 39.5 Å². The molecule has 0 amide bonds. The Morgan fingerprint density at radius 3 is 1.42 bits per heavy atom. The lowest BCUT2D eigenvalue weighted by molar-refractivity contribution is -0.143. The van der Waals surface area contributed by atoms with Crippen LogP contribution in [-0.4, -0.2) is 5.11 Å². The number of phenolic OH excluding ortho intramolecular Hbond substituents is 1. The highest BCUT2D eigenvalue weighted by Gasteiger charge is 2.44. The van der Waals surface area contributed by atoms with E-state index in [-0.39, 0.29) is 24.3 Å². The summed E-state index contributed by atoms with van der Waals surface area (Å²) in [5.41, 5.74) is -9.66. The molecule has 0 heterocycles. The van der Waals surface area contributed by atoms with E-state index >= 15 is 0 Å². The summed E-state index contributed by atoms with van der Waals surface area (Å²) in [6.45, 7) is 0. The van der Waals surface area contributed by atoms with Gasteiger partial charge in [-0.05, 0) is 29.8 Å². The molecular formula is C15H6F10O. The fraction of sp³-hybridized carbons (Fsp3) is 0.200. The van der Waals surface area contributed by atoms with Gasteiger partial charge >= 0.3 is 18.5 Å². The Labute approximate surface area is 138 Å². The third-order valence-corrected chi connectivity index (χ3v) is 3.29. The van der Waals surface area contributed by atoms with Crippen molar-refractivity contribution in [1.82, 2.24) is 0 Å². The van der Waals surface area contributed by atoms with Crippen LogP contribution in [0.2, 0.25) is 0 Å². The van der Waals surface area contributed by atoms with E-state index in [2.05, 4.69) is 0 Å². The summed E-state index contributed by atoms with van der Waals surface area (Å²) in [6, 6.07) is 0.0113. The highest BCUT2D eigenvalue weighted by Crippen LogP contribution is 2.49. The number of aromatic hydroxyl groups is 1. The molecule has 0 atom stereocenters. The van der Waals surface area contributed by atoms with Crippen molar-refractivity contribution in [3.05, 3.63) is 52.8 Å². The maximum Gasteiger partial charge on any atom is 0.417 e. The van der Waals surface area contributed by atoms with Gasteiger partial charge in [0.1, 0.15) is 11.6 Å². The highest BCUT2D eigenvalue weighted by atomic mass is 19.4. The molecule has 0 aromatic heterocycles. The minimum atomic E-state index is -5.52. The fourth-order valence-corrected chi connectivity index (χ4v) is 2.33. The number of hydrogen-bond donors (Lipinski definition) is 1. The van der Waals surface area contributed by atoms with Gasteiger partial charge in [0, 0.05) is 5.56 Å². The van der Waals surface area contributed by atoms with Crippen molar-refractivity contribution in [3.8, 4) is 16.9 Å². The van der Waals surface area contributed by atoms with E-state index in [4.69, 9.17) is 0 Å². The van der Waals surface area contributed by atoms with Gasteiger partial charge in [-0.3, -0.25) is 0 Å². The predicted octanol–water partition coefficient (Wildman–Crippen LogP) is 6.25. The molecule has 11 heteroatoms. The molecule has 0 saturated carbocycles. The van der Waals surface area contributed by atoms with Crippen molar-refractivity contribution in [2.24, 2.45) is 0 Å². The minimum Gasteiger partial charge on any atom is -0.508 e. The number of alkyl halides is 9. The summed E-state index contributed by atoms with van der Waals surface area (Å²) >= 11 is 0. The maximum absolute atomic E-state index is 13.2. The largest absolute Gasteiger partial charge is 0.508 e. The minimum absolute atomic E-state index is 0.131. The number of benzene rings is 2. The van der Waals surface area contributed by atoms with Gasteiger partial charge in [-0.15, -0.1) is 0 Å². The molecule has 0 saturated heterocycles. The first-order chi connectivity index (χ1) is 11.6. The molecule has 26 heavy (non-hydrogen) atoms. The van der Waals surface area contributed by atoms with Gasteiger partial charge in [-0.25, -0.2) is 4.39 Å². The average Bonchev–Trinajstić information content (AvgIpc) is 2.44. The predicted molar refractivity (Wildman–Crippen MR) is 68.5 cm³/mol. The molecule has 0 aliphatic rings. The Kier molecular flexibility index (Phi) is 4.63. The van der Waals surface area contributed by atoms with E-state index in [0.717, 1.165) is 0 Å². The van der Waals surface area contributed by atoms with Gasteiger partial charge in [0.05, 0.1) is 16.7 Å². The zero-order valence-corrected chi connectivity index (χ0v) is 12.1. The van der Waals surface area contributed by atoms with Crippen molar-refractivity contribution in [3.63, 3.8) is 0 Å². The van der Waals surface area contributed by atoms with Crippen LogP contribution in [0.15, 0.2) is 30.3 Å². The molecule has 0 unspecified atom stereocenters. The Morgan fingerprint density at radius 1 is 0.615 bits per heavy atom. The van der Waals surface area contributed by atoms with Crippen LogP contribution in [0.4, 0.5) is 43.9 Å². The maximum atomic E-state index is 13.2. The zero-order valence-electron chi connectivity index (χ0n) is 12.1. The molecule has 0 radical (unpaired) electrons. The van der Waals surface area contributed by atoms with Crippen LogP contribution in [-0.2, 0) is 18.5 Å². The molecule has 2 rings (SSSR count). The number of halogens is 10. The molecule has 142 valence electrons. The Bertz CT molecular complexity index is 795. The van der Waals surface area contributed by atoms with Crippen LogP contribution < -0.4 is 0 Å². The molecular weight excluding hydrogens is 386 g/mol. The number of rotatable bonds is 1. The summed E-state index contributed by atoms with van der Waals surface area (Å²) in [4.78, 5) is 0. The first-order valence-electron chi connectivity index (χ1n) is 6.51. The monoisotopic (exact) mass is 392 g/mol. The fourth-order valence-electron chi connectivity index (χ4n) is 2.33. The average molecular weight is 392 g/mol. The molecule has 0 bridgehead atoms. The van der Waals surface area contributed by atoms with Crippen molar-refractivity contribution in [2.45, 2.75) is 18.5 Å². The van der Waals surface area contributed by atoms with E-state index in [0.29, 0.717) is 6.07 Å². The second kappa shape index (κ2) is 6.06. The summed E-state index contributed by atoms with van der Waals surface area (Å²) in [5, 5.41) is 9.18. The van der Waals surface area contributed by atoms with Gasteiger partial charge in [0.2, 0.25) is 0 Å². The highest BCUT2D eigenvalue weighted by molar-refractivity contribution is 5.77. The van der Waals surface area contributed by atoms with E-state index in [1.54, 1.807) is 0 Å². The van der Waals surface area contributed by atoms with Crippen LogP contribution >= 0.6 is 0 Å². The van der Waals surface area contributed by atoms with Gasteiger partial charge in [0.15, 0.2) is 0 Å². The first kappa shape index (κ1) is 19.9. The summed E-state index contributed by atoms with van der Waals surface area (Å²) in [6.07, 6.45) is -16.5. The van der Waals surface area contributed by atoms with E-state index in [1.807, 2.05) is 0 Å². The zero-order chi connectivity index (χ0) is 20.1. The Balaban J connectivity index is 3.03. The summed E-state index contributed by atoms with van der Waals surface area (Å²) in [7, 11) is 0. The van der Waals surface area contributed by atoms with E-state index in [9.17, 15) is 49.0 Å². The van der Waals surface area contributed by atoms with Crippen LogP contribution in [0.1, 0.15) is 16.7 Å². The molecule has 2 aromatic carbocycles. The molecule has 1 nitrogen and oxygen atoms in total. The topological polar surface area (TPSA) is 20.2 Å². The second-order valence-corrected chi connectivity index (χ2v) is 5.10. The smallest absolute Gasteiger partial charge is 0.417 e. The Morgan fingerprint density at radius 2 is 1.04 bits per heavy atom. The Hall–Kier alpha value is -2.46.